The Morgan fingerprint density at radius 3 is 2.39 bits per heavy atom. The highest BCUT2D eigenvalue weighted by Gasteiger charge is 2.35. The minimum absolute atomic E-state index is 0.0675. The van der Waals surface area contributed by atoms with E-state index in [9.17, 15) is 13.6 Å². The highest BCUT2D eigenvalue weighted by atomic mass is 35.5. The number of anilines is 1. The third kappa shape index (κ3) is 3.44. The second kappa shape index (κ2) is 7.72. The first kappa shape index (κ1) is 19.6. The lowest BCUT2D eigenvalue weighted by atomic mass is 10.1. The largest absolute Gasteiger partial charge is 0.282 e. The third-order valence-electron chi connectivity index (χ3n) is 4.88. The van der Waals surface area contributed by atoms with Crippen LogP contribution in [0.5, 0.6) is 0 Å². The van der Waals surface area contributed by atoms with E-state index in [1.54, 1.807) is 18.2 Å². The number of rotatable bonds is 3. The van der Waals surface area contributed by atoms with Gasteiger partial charge in [0.1, 0.15) is 17.3 Å². The lowest BCUT2D eigenvalue weighted by Crippen LogP contribution is -2.32. The molecule has 0 saturated carbocycles. The molecular weight excluding hydrogens is 438 g/mol. The highest BCUT2D eigenvalue weighted by Crippen LogP contribution is 2.39. The third-order valence-corrected chi connectivity index (χ3v) is 6.55. The van der Waals surface area contributed by atoms with Crippen LogP contribution in [0.3, 0.4) is 0 Å². The Morgan fingerprint density at radius 1 is 0.935 bits per heavy atom. The Bertz CT molecular complexity index is 1390. The molecule has 3 aromatic carbocycles. The van der Waals surface area contributed by atoms with Crippen molar-refractivity contribution in [3.63, 3.8) is 0 Å². The van der Waals surface area contributed by atoms with Crippen molar-refractivity contribution in [3.05, 3.63) is 106 Å². The zero-order valence-electron chi connectivity index (χ0n) is 15.9. The van der Waals surface area contributed by atoms with E-state index < -0.39 is 17.5 Å². The molecule has 4 aromatic rings. The zero-order chi connectivity index (χ0) is 21.5. The van der Waals surface area contributed by atoms with Gasteiger partial charge in [0.15, 0.2) is 5.84 Å². The molecule has 7 heteroatoms. The summed E-state index contributed by atoms with van der Waals surface area (Å²) in [4.78, 5) is 19.8. The van der Waals surface area contributed by atoms with Gasteiger partial charge < -0.3 is 0 Å². The normalized spacial score (nSPS) is 15.2. The first-order chi connectivity index (χ1) is 15.0. The van der Waals surface area contributed by atoms with E-state index in [2.05, 4.69) is 4.99 Å². The molecule has 0 saturated heterocycles. The number of hydrogen-bond donors (Lipinski definition) is 0. The van der Waals surface area contributed by atoms with Crippen LogP contribution in [0.2, 0.25) is 5.02 Å². The van der Waals surface area contributed by atoms with Crippen molar-refractivity contribution in [3.8, 4) is 0 Å². The number of amides is 1. The van der Waals surface area contributed by atoms with E-state index in [4.69, 9.17) is 11.6 Å². The quantitative estimate of drug-likeness (QED) is 0.321. The molecule has 1 aliphatic rings. The molecular formula is C24H13ClF2N2OS. The summed E-state index contributed by atoms with van der Waals surface area (Å²) in [5, 5.41) is 1.33. The molecule has 0 radical (unpaired) electrons. The van der Waals surface area contributed by atoms with Crippen molar-refractivity contribution in [2.75, 3.05) is 4.90 Å². The van der Waals surface area contributed by atoms with E-state index in [-0.39, 0.29) is 11.3 Å². The molecule has 0 unspecified atom stereocenters. The predicted octanol–water partition coefficient (Wildman–Crippen LogP) is 6.67. The van der Waals surface area contributed by atoms with E-state index in [1.165, 1.54) is 52.6 Å². The van der Waals surface area contributed by atoms with Crippen LogP contribution in [-0.2, 0) is 4.79 Å². The van der Waals surface area contributed by atoms with Crippen LogP contribution in [0.4, 0.5) is 14.5 Å². The number of amidine groups is 1. The van der Waals surface area contributed by atoms with Gasteiger partial charge in [0.05, 0.1) is 15.6 Å². The summed E-state index contributed by atoms with van der Waals surface area (Å²) >= 11 is 8.05. The summed E-state index contributed by atoms with van der Waals surface area (Å²) in [5.74, 6) is -1.00. The number of benzene rings is 3. The van der Waals surface area contributed by atoms with Crippen LogP contribution in [0.25, 0.3) is 16.2 Å². The molecule has 31 heavy (non-hydrogen) atoms. The number of hydrogen-bond acceptors (Lipinski definition) is 3. The molecule has 5 rings (SSSR count). The molecule has 1 amide bonds. The fraction of sp³-hybridized carbons (Fsp3) is 0. The van der Waals surface area contributed by atoms with Crippen molar-refractivity contribution in [2.24, 2.45) is 4.99 Å². The Morgan fingerprint density at radius 2 is 1.65 bits per heavy atom. The number of carbonyl (C=O) groups excluding carboxylic acids is 1. The van der Waals surface area contributed by atoms with E-state index in [0.717, 1.165) is 10.1 Å². The fourth-order valence-electron chi connectivity index (χ4n) is 3.40. The van der Waals surface area contributed by atoms with Crippen LogP contribution >= 0.6 is 22.9 Å². The highest BCUT2D eigenvalue weighted by molar-refractivity contribution is 7.21. The van der Waals surface area contributed by atoms with Crippen molar-refractivity contribution in [1.29, 1.82) is 0 Å². The minimum Gasteiger partial charge on any atom is -0.266 e. The van der Waals surface area contributed by atoms with Crippen LogP contribution in [0.15, 0.2) is 83.5 Å². The standard InChI is InChI=1S/C24H13ClF2N2OS/c25-21-17-6-2-4-8-20(17)31-22(21)23-28-19(13-14-5-1-3-7-18(14)27)24(30)29(23)16-11-9-15(26)10-12-16/h1-13H/b19-13+. The Balaban J connectivity index is 1.70. The van der Waals surface area contributed by atoms with Crippen molar-refractivity contribution in [1.82, 2.24) is 0 Å². The second-order valence-electron chi connectivity index (χ2n) is 6.84. The van der Waals surface area contributed by atoms with Gasteiger partial charge in [0.2, 0.25) is 0 Å². The van der Waals surface area contributed by atoms with Gasteiger partial charge in [0.25, 0.3) is 5.91 Å². The molecule has 0 aliphatic carbocycles. The number of halogens is 3. The fourth-order valence-corrected chi connectivity index (χ4v) is 4.89. The summed E-state index contributed by atoms with van der Waals surface area (Å²) in [7, 11) is 0. The monoisotopic (exact) mass is 450 g/mol. The van der Waals surface area contributed by atoms with Crippen LogP contribution in [-0.4, -0.2) is 11.7 Å². The summed E-state index contributed by atoms with van der Waals surface area (Å²) in [6.45, 7) is 0. The van der Waals surface area contributed by atoms with Crippen molar-refractivity contribution in [2.45, 2.75) is 0 Å². The first-order valence-electron chi connectivity index (χ1n) is 9.35. The van der Waals surface area contributed by atoms with Gasteiger partial charge in [-0.25, -0.2) is 13.8 Å². The number of aliphatic imine (C=N–C) groups is 1. The van der Waals surface area contributed by atoms with Gasteiger partial charge >= 0.3 is 0 Å². The molecule has 0 atom stereocenters. The maximum Gasteiger partial charge on any atom is 0.282 e. The molecule has 1 aliphatic heterocycles. The van der Waals surface area contributed by atoms with Gasteiger partial charge in [-0.2, -0.15) is 0 Å². The second-order valence-corrected chi connectivity index (χ2v) is 8.27. The van der Waals surface area contributed by atoms with Crippen molar-refractivity contribution >= 4 is 56.5 Å². The molecule has 152 valence electrons. The van der Waals surface area contributed by atoms with Gasteiger partial charge in [-0.1, -0.05) is 48.0 Å². The molecule has 3 nitrogen and oxygen atoms in total. The molecule has 1 aromatic heterocycles. The minimum atomic E-state index is -0.459. The van der Waals surface area contributed by atoms with Gasteiger partial charge in [0, 0.05) is 15.6 Å². The van der Waals surface area contributed by atoms with Gasteiger partial charge in [-0.15, -0.1) is 11.3 Å². The first-order valence-corrected chi connectivity index (χ1v) is 10.5. The molecule has 0 N–H and O–H groups in total. The topological polar surface area (TPSA) is 32.7 Å². The molecule has 0 bridgehead atoms. The van der Waals surface area contributed by atoms with E-state index >= 15 is 0 Å². The summed E-state index contributed by atoms with van der Waals surface area (Å²) < 4.78 is 28.6. The van der Waals surface area contributed by atoms with Crippen LogP contribution < -0.4 is 4.90 Å². The van der Waals surface area contributed by atoms with Crippen LogP contribution in [0.1, 0.15) is 10.4 Å². The summed E-state index contributed by atoms with van der Waals surface area (Å²) in [5.41, 5.74) is 0.755. The lowest BCUT2D eigenvalue weighted by molar-refractivity contribution is -0.113. The van der Waals surface area contributed by atoms with E-state index in [1.807, 2.05) is 24.3 Å². The number of carbonyl (C=O) groups is 1. The average Bonchev–Trinajstić information content (AvgIpc) is 3.28. The number of thiophene rings is 1. The Labute approximate surface area is 185 Å². The lowest BCUT2D eigenvalue weighted by Gasteiger charge is -2.17. The zero-order valence-corrected chi connectivity index (χ0v) is 17.4. The summed E-state index contributed by atoms with van der Waals surface area (Å²) in [6, 6.07) is 19.3. The van der Waals surface area contributed by atoms with Gasteiger partial charge in [-0.05, 0) is 42.5 Å². The Hall–Kier alpha value is -3.35. The molecule has 0 spiro atoms. The molecule has 2 heterocycles. The number of nitrogens with zero attached hydrogens (tertiary/aromatic N) is 2. The predicted molar refractivity (Wildman–Crippen MR) is 122 cm³/mol. The van der Waals surface area contributed by atoms with E-state index in [0.29, 0.717) is 21.4 Å². The maximum atomic E-state index is 14.2. The maximum absolute atomic E-state index is 14.2. The molecule has 0 fully saturated rings. The average molecular weight is 451 g/mol. The SMILES string of the molecule is O=C1/C(=C\c2ccccc2F)N=C(c2sc3ccccc3c2Cl)N1c1ccc(F)cc1. The van der Waals surface area contributed by atoms with Crippen LogP contribution in [0, 0.1) is 11.6 Å². The van der Waals surface area contributed by atoms with Crippen molar-refractivity contribution < 1.29 is 13.6 Å². The summed E-state index contributed by atoms with van der Waals surface area (Å²) in [6.07, 6.45) is 1.41. The van der Waals surface area contributed by atoms with Gasteiger partial charge in [-0.3, -0.25) is 9.69 Å². The number of fused-ring (bicyclic) bond motifs is 1. The smallest absolute Gasteiger partial charge is 0.266 e. The Kier molecular flexibility index (Phi) is 4.88.